The van der Waals surface area contributed by atoms with E-state index in [1.807, 2.05) is 51.1 Å². The van der Waals surface area contributed by atoms with Crippen LogP contribution >= 0.6 is 0 Å². The summed E-state index contributed by atoms with van der Waals surface area (Å²) in [6.45, 7) is 5.75. The molecular formula is C19H25N3O5S. The number of methoxy groups -OCH3 is 1. The number of nitrogens with zero attached hydrogens (tertiary/aromatic N) is 1. The molecule has 2 aromatic carbocycles. The zero-order valence-electron chi connectivity index (χ0n) is 16.3. The SMILES string of the molecule is COc1ccc(S(=O)(=O)NCC(C)(C)NC(C)c2ccccc2)c([N+](=O)[O-])c1. The predicted molar refractivity (Wildman–Crippen MR) is 107 cm³/mol. The fourth-order valence-corrected chi connectivity index (χ4v) is 4.17. The lowest BCUT2D eigenvalue weighted by molar-refractivity contribution is -0.387. The number of ether oxygens (including phenoxy) is 1. The Morgan fingerprint density at radius 1 is 1.18 bits per heavy atom. The van der Waals surface area contributed by atoms with Gasteiger partial charge in [-0.1, -0.05) is 30.3 Å². The number of nitro groups is 1. The lowest BCUT2D eigenvalue weighted by Crippen LogP contribution is -2.49. The van der Waals surface area contributed by atoms with Crippen LogP contribution in [-0.2, 0) is 10.0 Å². The van der Waals surface area contributed by atoms with Crippen molar-refractivity contribution in [3.05, 3.63) is 64.2 Å². The zero-order chi connectivity index (χ0) is 20.9. The van der Waals surface area contributed by atoms with Crippen LogP contribution in [0.5, 0.6) is 5.75 Å². The molecular weight excluding hydrogens is 382 g/mol. The van der Waals surface area contributed by atoms with Crippen LogP contribution in [0.25, 0.3) is 0 Å². The first-order chi connectivity index (χ1) is 13.1. The van der Waals surface area contributed by atoms with Gasteiger partial charge < -0.3 is 10.1 Å². The van der Waals surface area contributed by atoms with Crippen molar-refractivity contribution in [2.45, 2.75) is 37.2 Å². The summed E-state index contributed by atoms with van der Waals surface area (Å²) in [6.07, 6.45) is 0. The summed E-state index contributed by atoms with van der Waals surface area (Å²) in [7, 11) is -2.73. The van der Waals surface area contributed by atoms with Gasteiger partial charge in [-0.05, 0) is 38.5 Å². The molecule has 0 heterocycles. The maximum Gasteiger partial charge on any atom is 0.293 e. The molecule has 9 heteroatoms. The average Bonchev–Trinajstić information content (AvgIpc) is 2.66. The lowest BCUT2D eigenvalue weighted by atomic mass is 10.0. The third-order valence-corrected chi connectivity index (χ3v) is 5.71. The van der Waals surface area contributed by atoms with Crippen molar-refractivity contribution in [3.63, 3.8) is 0 Å². The summed E-state index contributed by atoms with van der Waals surface area (Å²) in [4.78, 5) is 10.1. The summed E-state index contributed by atoms with van der Waals surface area (Å²) < 4.78 is 32.8. The number of benzene rings is 2. The van der Waals surface area contributed by atoms with Crippen molar-refractivity contribution in [2.24, 2.45) is 0 Å². The molecule has 0 saturated carbocycles. The predicted octanol–water partition coefficient (Wildman–Crippen LogP) is 3.01. The second-order valence-electron chi connectivity index (χ2n) is 7.08. The van der Waals surface area contributed by atoms with E-state index in [1.54, 1.807) is 0 Å². The third kappa shape index (κ3) is 5.51. The van der Waals surface area contributed by atoms with Crippen molar-refractivity contribution in [1.29, 1.82) is 0 Å². The molecule has 1 unspecified atom stereocenters. The van der Waals surface area contributed by atoms with Crippen LogP contribution in [-0.4, -0.2) is 32.5 Å². The monoisotopic (exact) mass is 407 g/mol. The highest BCUT2D eigenvalue weighted by Gasteiger charge is 2.29. The summed E-state index contributed by atoms with van der Waals surface area (Å²) in [6, 6.07) is 13.4. The molecule has 2 N–H and O–H groups in total. The second kappa shape index (κ2) is 8.68. The molecule has 0 aliphatic heterocycles. The van der Waals surface area contributed by atoms with Crippen LogP contribution in [0.15, 0.2) is 53.4 Å². The van der Waals surface area contributed by atoms with Gasteiger partial charge in [-0.15, -0.1) is 0 Å². The van der Waals surface area contributed by atoms with Crippen LogP contribution in [0.1, 0.15) is 32.4 Å². The van der Waals surface area contributed by atoms with E-state index in [-0.39, 0.29) is 18.3 Å². The van der Waals surface area contributed by atoms with Gasteiger partial charge in [-0.3, -0.25) is 10.1 Å². The van der Waals surface area contributed by atoms with Crippen molar-refractivity contribution >= 4 is 15.7 Å². The molecule has 0 spiro atoms. The maximum absolute atomic E-state index is 12.7. The Hall–Kier alpha value is -2.49. The second-order valence-corrected chi connectivity index (χ2v) is 8.81. The lowest BCUT2D eigenvalue weighted by Gasteiger charge is -2.30. The molecule has 28 heavy (non-hydrogen) atoms. The van der Waals surface area contributed by atoms with Crippen molar-refractivity contribution in [3.8, 4) is 5.75 Å². The summed E-state index contributed by atoms with van der Waals surface area (Å²) >= 11 is 0. The topological polar surface area (TPSA) is 111 Å². The zero-order valence-corrected chi connectivity index (χ0v) is 17.1. The molecule has 2 aromatic rings. The largest absolute Gasteiger partial charge is 0.497 e. The van der Waals surface area contributed by atoms with E-state index in [1.165, 1.54) is 19.2 Å². The molecule has 0 aliphatic rings. The highest BCUT2D eigenvalue weighted by molar-refractivity contribution is 7.89. The van der Waals surface area contributed by atoms with Crippen LogP contribution in [0.2, 0.25) is 0 Å². The normalized spacial score (nSPS) is 13.1. The minimum atomic E-state index is -4.08. The first-order valence-electron chi connectivity index (χ1n) is 8.70. The molecule has 1 atom stereocenters. The number of hydrogen-bond donors (Lipinski definition) is 2. The quantitative estimate of drug-likeness (QED) is 0.488. The van der Waals surface area contributed by atoms with E-state index in [0.29, 0.717) is 0 Å². The van der Waals surface area contributed by atoms with Gasteiger partial charge in [0.2, 0.25) is 10.0 Å². The number of nitro benzene ring substituents is 1. The van der Waals surface area contributed by atoms with E-state index in [0.717, 1.165) is 11.6 Å². The van der Waals surface area contributed by atoms with Gasteiger partial charge in [-0.2, -0.15) is 0 Å². The van der Waals surface area contributed by atoms with Gasteiger partial charge >= 0.3 is 0 Å². The maximum atomic E-state index is 12.7. The molecule has 0 amide bonds. The minimum absolute atomic E-state index is 0.00368. The van der Waals surface area contributed by atoms with E-state index in [2.05, 4.69) is 10.0 Å². The standard InChI is InChI=1S/C19H25N3O5S/c1-14(15-8-6-5-7-9-15)21-19(2,3)13-20-28(25,26)18-11-10-16(27-4)12-17(18)22(23)24/h5-12,14,20-21H,13H2,1-4H3. The Labute approximate surface area is 165 Å². The first kappa shape index (κ1) is 21.8. The number of hydrogen-bond acceptors (Lipinski definition) is 6. The van der Waals surface area contributed by atoms with Crippen molar-refractivity contribution in [2.75, 3.05) is 13.7 Å². The minimum Gasteiger partial charge on any atom is -0.497 e. The third-order valence-electron chi connectivity index (χ3n) is 4.26. The fraction of sp³-hybridized carbons (Fsp3) is 0.368. The molecule has 0 aromatic heterocycles. The van der Waals surface area contributed by atoms with Crippen molar-refractivity contribution < 1.29 is 18.1 Å². The Morgan fingerprint density at radius 3 is 2.39 bits per heavy atom. The summed E-state index contributed by atoms with van der Waals surface area (Å²) in [5.41, 5.74) is -0.0525. The smallest absolute Gasteiger partial charge is 0.293 e. The Bertz CT molecular complexity index is 930. The molecule has 0 radical (unpaired) electrons. The molecule has 152 valence electrons. The Morgan fingerprint density at radius 2 is 1.82 bits per heavy atom. The number of rotatable bonds is 9. The van der Waals surface area contributed by atoms with E-state index in [4.69, 9.17) is 4.74 Å². The van der Waals surface area contributed by atoms with E-state index >= 15 is 0 Å². The van der Waals surface area contributed by atoms with Gasteiger partial charge in [0.1, 0.15) is 5.75 Å². The highest BCUT2D eigenvalue weighted by Crippen LogP contribution is 2.28. The van der Waals surface area contributed by atoms with Crippen LogP contribution in [0.4, 0.5) is 5.69 Å². The van der Waals surface area contributed by atoms with Crippen LogP contribution in [0, 0.1) is 10.1 Å². The van der Waals surface area contributed by atoms with Gasteiger partial charge in [0.05, 0.1) is 18.1 Å². The summed E-state index contributed by atoms with van der Waals surface area (Å²) in [5.74, 6) is 0.212. The van der Waals surface area contributed by atoms with Gasteiger partial charge in [-0.25, -0.2) is 13.1 Å². The molecule has 0 aliphatic carbocycles. The average molecular weight is 407 g/mol. The molecule has 2 rings (SSSR count). The summed E-state index contributed by atoms with van der Waals surface area (Å²) in [5, 5.41) is 14.7. The highest BCUT2D eigenvalue weighted by atomic mass is 32.2. The van der Waals surface area contributed by atoms with Gasteiger partial charge in [0.15, 0.2) is 4.90 Å². The number of sulfonamides is 1. The fourth-order valence-electron chi connectivity index (χ4n) is 2.81. The molecule has 0 fully saturated rings. The first-order valence-corrected chi connectivity index (χ1v) is 10.2. The van der Waals surface area contributed by atoms with Gasteiger partial charge in [0.25, 0.3) is 5.69 Å². The Balaban J connectivity index is 2.15. The van der Waals surface area contributed by atoms with Crippen LogP contribution in [0.3, 0.4) is 0 Å². The Kier molecular flexibility index (Phi) is 6.76. The van der Waals surface area contributed by atoms with E-state index < -0.39 is 31.1 Å². The van der Waals surface area contributed by atoms with E-state index in [9.17, 15) is 18.5 Å². The number of nitrogens with one attached hydrogen (secondary N) is 2. The van der Waals surface area contributed by atoms with Crippen molar-refractivity contribution in [1.82, 2.24) is 10.0 Å². The molecule has 0 saturated heterocycles. The van der Waals surface area contributed by atoms with Gasteiger partial charge in [0, 0.05) is 18.1 Å². The molecule has 8 nitrogen and oxygen atoms in total. The molecule has 0 bridgehead atoms. The van der Waals surface area contributed by atoms with Crippen LogP contribution < -0.4 is 14.8 Å².